The van der Waals surface area contributed by atoms with E-state index in [-0.39, 0.29) is 5.91 Å². The van der Waals surface area contributed by atoms with Gasteiger partial charge in [-0.1, -0.05) is 12.8 Å². The van der Waals surface area contributed by atoms with Gasteiger partial charge in [0.05, 0.1) is 0 Å². The number of aromatic nitrogens is 2. The number of rotatable bonds is 4. The summed E-state index contributed by atoms with van der Waals surface area (Å²) in [5, 5.41) is 13.5. The van der Waals surface area contributed by atoms with Gasteiger partial charge in [-0.05, 0) is 25.9 Å². The number of carbonyl (C=O) groups is 1. The fraction of sp³-hybridized carbons (Fsp3) is 0.733. The highest BCUT2D eigenvalue weighted by molar-refractivity contribution is 5.94. The predicted molar refractivity (Wildman–Crippen MR) is 81.2 cm³/mol. The fourth-order valence-corrected chi connectivity index (χ4v) is 3.18. The van der Waals surface area contributed by atoms with Crippen LogP contribution in [0.1, 0.15) is 47.4 Å². The zero-order valence-corrected chi connectivity index (χ0v) is 12.6. The average Bonchev–Trinajstić information content (AvgIpc) is 2.77. The van der Waals surface area contributed by atoms with Crippen molar-refractivity contribution in [3.05, 3.63) is 17.0 Å². The average molecular weight is 291 g/mol. The lowest BCUT2D eigenvalue weighted by molar-refractivity contribution is 0.0942. The lowest BCUT2D eigenvalue weighted by Gasteiger charge is -2.19. The Kier molecular flexibility index (Phi) is 4.87. The molecular formula is C15H25N5O. The van der Waals surface area contributed by atoms with E-state index < -0.39 is 0 Å². The van der Waals surface area contributed by atoms with Crippen LogP contribution in [0.3, 0.4) is 0 Å². The van der Waals surface area contributed by atoms with E-state index in [4.69, 9.17) is 0 Å². The number of fused-ring (bicyclic) bond motifs is 1. The maximum atomic E-state index is 12.2. The number of nitrogens with one attached hydrogen (secondary N) is 3. The van der Waals surface area contributed by atoms with E-state index in [1.54, 1.807) is 0 Å². The summed E-state index contributed by atoms with van der Waals surface area (Å²) in [5.41, 5.74) is 2.70. The molecule has 2 aliphatic rings. The number of carbonyl (C=O) groups excluding carboxylic acids is 1. The molecule has 1 amide bonds. The molecule has 0 unspecified atom stereocenters. The van der Waals surface area contributed by atoms with E-state index in [1.807, 2.05) is 0 Å². The molecule has 0 spiro atoms. The maximum absolute atomic E-state index is 12.2. The van der Waals surface area contributed by atoms with Crippen LogP contribution >= 0.6 is 0 Å². The molecule has 1 fully saturated rings. The molecule has 0 atom stereocenters. The number of H-pyrrole nitrogens is 1. The lowest BCUT2D eigenvalue weighted by atomic mass is 10.1. The minimum absolute atomic E-state index is 0.0500. The largest absolute Gasteiger partial charge is 0.349 e. The van der Waals surface area contributed by atoms with Crippen molar-refractivity contribution in [1.29, 1.82) is 0 Å². The topological polar surface area (TPSA) is 73.0 Å². The molecule has 2 aliphatic heterocycles. The molecule has 116 valence electrons. The van der Waals surface area contributed by atoms with Gasteiger partial charge in [0.2, 0.25) is 0 Å². The molecule has 0 saturated carbocycles. The molecule has 1 aromatic heterocycles. The van der Waals surface area contributed by atoms with Gasteiger partial charge in [-0.2, -0.15) is 5.10 Å². The first-order valence-electron chi connectivity index (χ1n) is 8.12. The van der Waals surface area contributed by atoms with Gasteiger partial charge in [-0.3, -0.25) is 9.89 Å². The Morgan fingerprint density at radius 3 is 2.86 bits per heavy atom. The minimum Gasteiger partial charge on any atom is -0.349 e. The van der Waals surface area contributed by atoms with Crippen molar-refractivity contribution in [2.24, 2.45) is 0 Å². The van der Waals surface area contributed by atoms with Crippen LogP contribution in [0, 0.1) is 0 Å². The first-order chi connectivity index (χ1) is 10.3. The number of hydrogen-bond acceptors (Lipinski definition) is 4. The van der Waals surface area contributed by atoms with Gasteiger partial charge >= 0.3 is 0 Å². The van der Waals surface area contributed by atoms with Gasteiger partial charge in [0, 0.05) is 43.9 Å². The molecule has 21 heavy (non-hydrogen) atoms. The summed E-state index contributed by atoms with van der Waals surface area (Å²) in [7, 11) is 0. The van der Waals surface area contributed by atoms with Crippen LogP contribution in [0.15, 0.2) is 0 Å². The van der Waals surface area contributed by atoms with Crippen molar-refractivity contribution >= 4 is 5.91 Å². The Labute approximate surface area is 125 Å². The van der Waals surface area contributed by atoms with Gasteiger partial charge in [0.25, 0.3) is 5.91 Å². The highest BCUT2D eigenvalue weighted by Gasteiger charge is 2.21. The van der Waals surface area contributed by atoms with E-state index in [0.717, 1.165) is 50.4 Å². The summed E-state index contributed by atoms with van der Waals surface area (Å²) in [6.45, 7) is 5.66. The normalized spacial score (nSPS) is 19.8. The molecule has 6 nitrogen and oxygen atoms in total. The smallest absolute Gasteiger partial charge is 0.272 e. The van der Waals surface area contributed by atoms with Crippen molar-refractivity contribution in [2.75, 3.05) is 32.7 Å². The van der Waals surface area contributed by atoms with E-state index in [1.165, 1.54) is 25.7 Å². The third kappa shape index (κ3) is 3.63. The first-order valence-corrected chi connectivity index (χ1v) is 8.12. The second-order valence-electron chi connectivity index (χ2n) is 5.97. The molecule has 0 aliphatic carbocycles. The van der Waals surface area contributed by atoms with Gasteiger partial charge < -0.3 is 15.5 Å². The molecule has 1 aromatic rings. The Hall–Kier alpha value is -1.40. The Morgan fingerprint density at radius 1 is 1.24 bits per heavy atom. The van der Waals surface area contributed by atoms with Crippen molar-refractivity contribution in [2.45, 2.75) is 38.6 Å². The summed E-state index contributed by atoms with van der Waals surface area (Å²) in [4.78, 5) is 14.7. The third-order valence-corrected chi connectivity index (χ3v) is 4.43. The fourth-order valence-electron chi connectivity index (χ4n) is 3.18. The second kappa shape index (κ2) is 7.04. The molecule has 0 bridgehead atoms. The minimum atomic E-state index is -0.0500. The summed E-state index contributed by atoms with van der Waals surface area (Å²) < 4.78 is 0. The zero-order chi connectivity index (χ0) is 14.5. The highest BCUT2D eigenvalue weighted by atomic mass is 16.1. The monoisotopic (exact) mass is 291 g/mol. The van der Waals surface area contributed by atoms with Gasteiger partial charge in [0.1, 0.15) is 0 Å². The van der Waals surface area contributed by atoms with Crippen molar-refractivity contribution in [3.8, 4) is 0 Å². The van der Waals surface area contributed by atoms with Gasteiger partial charge in [0.15, 0.2) is 5.69 Å². The van der Waals surface area contributed by atoms with Gasteiger partial charge in [-0.15, -0.1) is 0 Å². The number of aromatic amines is 1. The Balaban J connectivity index is 1.49. The second-order valence-corrected chi connectivity index (χ2v) is 5.97. The molecule has 0 aromatic carbocycles. The summed E-state index contributed by atoms with van der Waals surface area (Å²) >= 11 is 0. The van der Waals surface area contributed by atoms with Crippen LogP contribution < -0.4 is 10.6 Å². The molecule has 0 radical (unpaired) electrons. The van der Waals surface area contributed by atoms with E-state index in [0.29, 0.717) is 12.2 Å². The molecule has 3 N–H and O–H groups in total. The van der Waals surface area contributed by atoms with E-state index in [2.05, 4.69) is 25.7 Å². The van der Waals surface area contributed by atoms with Crippen LogP contribution in [0.2, 0.25) is 0 Å². The summed E-state index contributed by atoms with van der Waals surface area (Å²) in [6, 6.07) is 0. The van der Waals surface area contributed by atoms with Gasteiger partial charge in [-0.25, -0.2) is 0 Å². The molecule has 6 heteroatoms. The highest BCUT2D eigenvalue weighted by Crippen LogP contribution is 2.15. The summed E-state index contributed by atoms with van der Waals surface area (Å²) in [6.07, 6.45) is 6.17. The van der Waals surface area contributed by atoms with E-state index in [9.17, 15) is 4.79 Å². The number of hydrogen-bond donors (Lipinski definition) is 3. The van der Waals surface area contributed by atoms with Crippen LogP contribution in [0.25, 0.3) is 0 Å². The SMILES string of the molecule is O=C(NCCN1CCCCCC1)c1n[nH]c2c1CNCC2. The predicted octanol–water partition coefficient (Wildman–Crippen LogP) is 0.661. The molecule has 3 heterocycles. The molecule has 1 saturated heterocycles. The molecule has 3 rings (SSSR count). The van der Waals surface area contributed by atoms with Crippen LogP contribution in [0.5, 0.6) is 0 Å². The van der Waals surface area contributed by atoms with E-state index >= 15 is 0 Å². The Bertz CT molecular complexity index is 476. The van der Waals surface area contributed by atoms with Crippen LogP contribution in [-0.2, 0) is 13.0 Å². The zero-order valence-electron chi connectivity index (χ0n) is 12.6. The number of nitrogens with zero attached hydrogens (tertiary/aromatic N) is 2. The van der Waals surface area contributed by atoms with Crippen molar-refractivity contribution < 1.29 is 4.79 Å². The standard InChI is InChI=1S/C15H25N5O/c21-15(14-12-11-16-6-5-13(12)18-19-14)17-7-10-20-8-3-1-2-4-9-20/h16H,1-11H2,(H,17,21)(H,18,19). The van der Waals surface area contributed by atoms with Crippen molar-refractivity contribution in [3.63, 3.8) is 0 Å². The van der Waals surface area contributed by atoms with Crippen molar-refractivity contribution in [1.82, 2.24) is 25.7 Å². The maximum Gasteiger partial charge on any atom is 0.272 e. The summed E-state index contributed by atoms with van der Waals surface area (Å²) in [5.74, 6) is -0.0500. The first kappa shape index (κ1) is 14.5. The number of likely N-dealkylation sites (tertiary alicyclic amines) is 1. The quantitative estimate of drug-likeness (QED) is 0.762. The third-order valence-electron chi connectivity index (χ3n) is 4.43. The lowest BCUT2D eigenvalue weighted by Crippen LogP contribution is -2.36. The molecular weight excluding hydrogens is 266 g/mol. The van der Waals surface area contributed by atoms with Crippen LogP contribution in [-0.4, -0.2) is 53.7 Å². The number of amides is 1. The van der Waals surface area contributed by atoms with Crippen LogP contribution in [0.4, 0.5) is 0 Å². The Morgan fingerprint density at radius 2 is 2.05 bits per heavy atom.